The zero-order chi connectivity index (χ0) is 19.3. The third-order valence-corrected chi connectivity index (χ3v) is 4.44. The number of ether oxygens (including phenoxy) is 2. The molecule has 142 valence electrons. The zero-order valence-corrected chi connectivity index (χ0v) is 15.6. The average Bonchev–Trinajstić information content (AvgIpc) is 2.74. The molecule has 6 nitrogen and oxygen atoms in total. The van der Waals surface area contributed by atoms with E-state index < -0.39 is 0 Å². The van der Waals surface area contributed by atoms with Crippen molar-refractivity contribution in [2.24, 2.45) is 0 Å². The molecule has 1 aliphatic heterocycles. The number of amides is 1. The van der Waals surface area contributed by atoms with Gasteiger partial charge in [-0.15, -0.1) is 0 Å². The van der Waals surface area contributed by atoms with Gasteiger partial charge in [0.15, 0.2) is 11.5 Å². The summed E-state index contributed by atoms with van der Waals surface area (Å²) in [6.07, 6.45) is 2.61. The van der Waals surface area contributed by atoms with Gasteiger partial charge in [0.1, 0.15) is 18.9 Å². The van der Waals surface area contributed by atoms with Crippen LogP contribution >= 0.6 is 0 Å². The molecule has 2 aromatic carbocycles. The number of nitrogens with zero attached hydrogens (tertiary/aromatic N) is 1. The molecule has 0 aliphatic carbocycles. The molecule has 0 fully saturated rings. The first kappa shape index (κ1) is 17.9. The van der Waals surface area contributed by atoms with Gasteiger partial charge in [-0.1, -0.05) is 19.1 Å². The minimum atomic E-state index is -0.290. The van der Waals surface area contributed by atoms with Crippen molar-refractivity contribution in [2.45, 2.75) is 13.3 Å². The highest BCUT2D eigenvalue weighted by atomic mass is 16.6. The lowest BCUT2D eigenvalue weighted by Gasteiger charge is -2.19. The highest BCUT2D eigenvalue weighted by molar-refractivity contribution is 6.03. The first-order valence-corrected chi connectivity index (χ1v) is 9.24. The van der Waals surface area contributed by atoms with Gasteiger partial charge in [0.2, 0.25) is 0 Å². The van der Waals surface area contributed by atoms with Crippen LogP contribution in [0.25, 0.3) is 0 Å². The fourth-order valence-corrected chi connectivity index (χ4v) is 2.94. The lowest BCUT2D eigenvalue weighted by Crippen LogP contribution is -2.17. The second-order valence-corrected chi connectivity index (χ2v) is 6.42. The smallest absolute Gasteiger partial charge is 0.274 e. The Kier molecular flexibility index (Phi) is 5.10. The van der Waals surface area contributed by atoms with Gasteiger partial charge in [-0.3, -0.25) is 9.78 Å². The monoisotopic (exact) mass is 375 g/mol. The van der Waals surface area contributed by atoms with Gasteiger partial charge in [-0.05, 0) is 48.4 Å². The first-order valence-electron chi connectivity index (χ1n) is 9.24. The molecule has 2 N–H and O–H groups in total. The van der Waals surface area contributed by atoms with Crippen molar-refractivity contribution in [2.75, 3.05) is 23.8 Å². The second kappa shape index (κ2) is 8.00. The molecule has 0 atom stereocenters. The predicted molar refractivity (Wildman–Crippen MR) is 109 cm³/mol. The first-order chi connectivity index (χ1) is 13.7. The quantitative estimate of drug-likeness (QED) is 0.691. The molecule has 3 aromatic rings. The molecule has 0 radical (unpaired) electrons. The fourth-order valence-electron chi connectivity index (χ4n) is 2.94. The number of carbonyl (C=O) groups is 1. The average molecular weight is 375 g/mol. The Labute approximate surface area is 163 Å². The number of nitrogens with one attached hydrogen (secondary N) is 2. The van der Waals surface area contributed by atoms with Gasteiger partial charge in [0.25, 0.3) is 5.91 Å². The predicted octanol–water partition coefficient (Wildman–Crippen LogP) is 4.41. The van der Waals surface area contributed by atoms with E-state index in [0.29, 0.717) is 36.1 Å². The van der Waals surface area contributed by atoms with Gasteiger partial charge in [0, 0.05) is 29.3 Å². The van der Waals surface area contributed by atoms with E-state index in [-0.39, 0.29) is 5.91 Å². The number of aryl methyl sites for hydroxylation is 1. The fraction of sp³-hybridized carbons (Fsp3) is 0.182. The minimum absolute atomic E-state index is 0.290. The summed E-state index contributed by atoms with van der Waals surface area (Å²) >= 11 is 0. The second-order valence-electron chi connectivity index (χ2n) is 6.42. The van der Waals surface area contributed by atoms with Crippen molar-refractivity contribution in [1.82, 2.24) is 4.98 Å². The maximum atomic E-state index is 12.6. The number of carbonyl (C=O) groups excluding carboxylic acids is 1. The van der Waals surface area contributed by atoms with Gasteiger partial charge in [-0.2, -0.15) is 0 Å². The maximum Gasteiger partial charge on any atom is 0.274 e. The summed E-state index contributed by atoms with van der Waals surface area (Å²) in [5.74, 6) is 1.02. The van der Waals surface area contributed by atoms with Crippen molar-refractivity contribution >= 4 is 23.0 Å². The third-order valence-electron chi connectivity index (χ3n) is 4.44. The number of rotatable bonds is 5. The Morgan fingerprint density at radius 1 is 0.929 bits per heavy atom. The number of benzene rings is 2. The molecule has 4 rings (SSSR count). The molecule has 0 spiro atoms. The number of aromatic nitrogens is 1. The minimum Gasteiger partial charge on any atom is -0.486 e. The number of anilines is 3. The SMILES string of the molecule is CCc1ccc(Nc2ccnc(C(=O)Nc3ccc4c(c3)OCCO4)c2)cc1. The van der Waals surface area contributed by atoms with Gasteiger partial charge in [0.05, 0.1) is 0 Å². The van der Waals surface area contributed by atoms with E-state index in [2.05, 4.69) is 34.7 Å². The van der Waals surface area contributed by atoms with Crippen LogP contribution in [0.5, 0.6) is 11.5 Å². The summed E-state index contributed by atoms with van der Waals surface area (Å²) in [6.45, 7) is 3.15. The van der Waals surface area contributed by atoms with Crippen LogP contribution in [0.4, 0.5) is 17.1 Å². The molecular formula is C22H21N3O3. The number of fused-ring (bicyclic) bond motifs is 1. The standard InChI is InChI=1S/C22H21N3O3/c1-2-15-3-5-16(6-4-15)24-18-9-10-23-19(13-18)22(26)25-17-7-8-20-21(14-17)28-12-11-27-20/h3-10,13-14H,2,11-12H2,1H3,(H,23,24)(H,25,26). The van der Waals surface area contributed by atoms with E-state index in [1.165, 1.54) is 5.56 Å². The molecule has 1 aliphatic rings. The van der Waals surface area contributed by atoms with Crippen LogP contribution in [-0.2, 0) is 6.42 Å². The van der Waals surface area contributed by atoms with Crippen LogP contribution in [0.15, 0.2) is 60.8 Å². The van der Waals surface area contributed by atoms with Crippen molar-refractivity contribution in [3.8, 4) is 11.5 Å². The third kappa shape index (κ3) is 4.06. The largest absolute Gasteiger partial charge is 0.486 e. The lowest BCUT2D eigenvalue weighted by atomic mass is 10.1. The Hall–Kier alpha value is -3.54. The van der Waals surface area contributed by atoms with Crippen LogP contribution in [0.3, 0.4) is 0 Å². The highest BCUT2D eigenvalue weighted by Gasteiger charge is 2.14. The van der Waals surface area contributed by atoms with E-state index in [9.17, 15) is 4.79 Å². The van der Waals surface area contributed by atoms with Gasteiger partial charge < -0.3 is 20.1 Å². The van der Waals surface area contributed by atoms with Crippen LogP contribution in [0, 0.1) is 0 Å². The molecule has 0 saturated heterocycles. The molecule has 1 amide bonds. The summed E-state index contributed by atoms with van der Waals surface area (Å²) in [6, 6.07) is 17.1. The molecule has 28 heavy (non-hydrogen) atoms. The summed E-state index contributed by atoms with van der Waals surface area (Å²) in [7, 11) is 0. The molecule has 0 bridgehead atoms. The lowest BCUT2D eigenvalue weighted by molar-refractivity contribution is 0.102. The van der Waals surface area contributed by atoms with Crippen LogP contribution in [0.2, 0.25) is 0 Å². The topological polar surface area (TPSA) is 72.5 Å². The molecule has 0 saturated carbocycles. The van der Waals surface area contributed by atoms with Crippen LogP contribution in [-0.4, -0.2) is 24.1 Å². The van der Waals surface area contributed by atoms with E-state index in [4.69, 9.17) is 9.47 Å². The Bertz CT molecular complexity index is 987. The van der Waals surface area contributed by atoms with Crippen molar-refractivity contribution in [3.05, 3.63) is 72.1 Å². The maximum absolute atomic E-state index is 12.6. The molecular weight excluding hydrogens is 354 g/mol. The van der Waals surface area contributed by atoms with Crippen LogP contribution < -0.4 is 20.1 Å². The van der Waals surface area contributed by atoms with E-state index in [1.807, 2.05) is 18.2 Å². The summed E-state index contributed by atoms with van der Waals surface area (Å²) in [5.41, 5.74) is 3.99. The van der Waals surface area contributed by atoms with Crippen molar-refractivity contribution in [1.29, 1.82) is 0 Å². The number of hydrogen-bond acceptors (Lipinski definition) is 5. The van der Waals surface area contributed by atoms with E-state index in [1.54, 1.807) is 30.5 Å². The summed E-state index contributed by atoms with van der Waals surface area (Å²) < 4.78 is 11.0. The Morgan fingerprint density at radius 3 is 2.46 bits per heavy atom. The van der Waals surface area contributed by atoms with Crippen molar-refractivity contribution < 1.29 is 14.3 Å². The zero-order valence-electron chi connectivity index (χ0n) is 15.6. The van der Waals surface area contributed by atoms with Crippen molar-refractivity contribution in [3.63, 3.8) is 0 Å². The number of hydrogen-bond donors (Lipinski definition) is 2. The Balaban J connectivity index is 1.46. The molecule has 6 heteroatoms. The number of pyridine rings is 1. The van der Waals surface area contributed by atoms with Crippen LogP contribution in [0.1, 0.15) is 23.0 Å². The highest BCUT2D eigenvalue weighted by Crippen LogP contribution is 2.32. The molecule has 1 aromatic heterocycles. The normalized spacial score (nSPS) is 12.3. The molecule has 0 unspecified atom stereocenters. The van der Waals surface area contributed by atoms with Gasteiger partial charge >= 0.3 is 0 Å². The summed E-state index contributed by atoms with van der Waals surface area (Å²) in [4.78, 5) is 16.8. The molecule has 2 heterocycles. The van der Waals surface area contributed by atoms with Gasteiger partial charge in [-0.25, -0.2) is 0 Å². The van der Waals surface area contributed by atoms with E-state index in [0.717, 1.165) is 17.8 Å². The summed E-state index contributed by atoms with van der Waals surface area (Å²) in [5, 5.41) is 6.15. The Morgan fingerprint density at radius 2 is 1.68 bits per heavy atom. The van der Waals surface area contributed by atoms with E-state index >= 15 is 0 Å².